The van der Waals surface area contributed by atoms with Gasteiger partial charge in [-0.3, -0.25) is 5.41 Å². The summed E-state index contributed by atoms with van der Waals surface area (Å²) in [5.74, 6) is 0.953. The second-order valence-corrected chi connectivity index (χ2v) is 4.38. The molecule has 0 amide bonds. The molecular formula is C16H13N3O. The van der Waals surface area contributed by atoms with Crippen LogP contribution in [0.1, 0.15) is 5.56 Å². The van der Waals surface area contributed by atoms with E-state index < -0.39 is 0 Å². The van der Waals surface area contributed by atoms with Crippen LogP contribution >= 0.6 is 0 Å². The summed E-state index contributed by atoms with van der Waals surface area (Å²) in [6, 6.07) is 17.3. The molecule has 1 heterocycles. The normalized spacial score (nSPS) is 10.4. The fourth-order valence-corrected chi connectivity index (χ4v) is 2.02. The number of nitrogens with two attached hydrogens (primary N) is 1. The van der Waals surface area contributed by atoms with Crippen LogP contribution in [0, 0.1) is 5.41 Å². The van der Waals surface area contributed by atoms with Crippen molar-refractivity contribution in [2.75, 3.05) is 0 Å². The van der Waals surface area contributed by atoms with Crippen LogP contribution in [0.15, 0.2) is 60.8 Å². The molecule has 0 bridgehead atoms. The fourth-order valence-electron chi connectivity index (χ4n) is 2.02. The number of nitrogen functional groups attached to an aromatic ring is 1. The SMILES string of the molecule is N=C(N)c1cccnc1Oc1ccc2ccccc2c1. The molecule has 0 saturated carbocycles. The van der Waals surface area contributed by atoms with Crippen LogP contribution in [-0.2, 0) is 0 Å². The standard InChI is InChI=1S/C16H13N3O/c17-15(18)14-6-3-9-19-16(14)20-13-8-7-11-4-1-2-5-12(11)10-13/h1-10H,(H3,17,18). The third kappa shape index (κ3) is 2.31. The zero-order chi connectivity index (χ0) is 13.9. The summed E-state index contributed by atoms with van der Waals surface area (Å²) in [6.45, 7) is 0. The van der Waals surface area contributed by atoms with E-state index in [1.54, 1.807) is 18.3 Å². The molecule has 98 valence electrons. The molecule has 4 nitrogen and oxygen atoms in total. The molecule has 0 unspecified atom stereocenters. The van der Waals surface area contributed by atoms with Gasteiger partial charge in [0.25, 0.3) is 0 Å². The Kier molecular flexibility index (Phi) is 3.05. The van der Waals surface area contributed by atoms with E-state index in [4.69, 9.17) is 15.9 Å². The van der Waals surface area contributed by atoms with Gasteiger partial charge in [0, 0.05) is 6.20 Å². The number of fused-ring (bicyclic) bond motifs is 1. The number of nitrogens with zero attached hydrogens (tertiary/aromatic N) is 1. The lowest BCUT2D eigenvalue weighted by molar-refractivity contribution is 0.462. The Hall–Kier alpha value is -2.88. The van der Waals surface area contributed by atoms with Crippen LogP contribution in [0.5, 0.6) is 11.6 Å². The number of amidine groups is 1. The predicted molar refractivity (Wildman–Crippen MR) is 79.3 cm³/mol. The van der Waals surface area contributed by atoms with E-state index in [9.17, 15) is 0 Å². The second kappa shape index (κ2) is 5.01. The number of nitrogens with one attached hydrogen (secondary N) is 1. The van der Waals surface area contributed by atoms with Crippen molar-refractivity contribution in [3.8, 4) is 11.6 Å². The number of rotatable bonds is 3. The first-order chi connectivity index (χ1) is 9.74. The monoisotopic (exact) mass is 263 g/mol. The zero-order valence-electron chi connectivity index (χ0n) is 10.7. The first-order valence-electron chi connectivity index (χ1n) is 6.20. The lowest BCUT2D eigenvalue weighted by Gasteiger charge is -2.09. The van der Waals surface area contributed by atoms with E-state index in [1.807, 2.05) is 42.5 Å². The molecule has 0 aliphatic carbocycles. The van der Waals surface area contributed by atoms with Crippen LogP contribution in [0.2, 0.25) is 0 Å². The first kappa shape index (κ1) is 12.2. The van der Waals surface area contributed by atoms with Crippen molar-refractivity contribution in [2.24, 2.45) is 5.73 Å². The van der Waals surface area contributed by atoms with Gasteiger partial charge in [0.15, 0.2) is 0 Å². The molecule has 2 aromatic carbocycles. The van der Waals surface area contributed by atoms with Crippen molar-refractivity contribution in [1.82, 2.24) is 4.98 Å². The van der Waals surface area contributed by atoms with E-state index in [-0.39, 0.29) is 5.84 Å². The van der Waals surface area contributed by atoms with Gasteiger partial charge in [-0.1, -0.05) is 30.3 Å². The first-order valence-corrected chi connectivity index (χ1v) is 6.20. The maximum atomic E-state index is 7.53. The van der Waals surface area contributed by atoms with Gasteiger partial charge in [0.05, 0.1) is 5.56 Å². The minimum absolute atomic E-state index is 0.0612. The van der Waals surface area contributed by atoms with Gasteiger partial charge in [0.1, 0.15) is 11.6 Å². The maximum absolute atomic E-state index is 7.53. The molecule has 0 aliphatic heterocycles. The van der Waals surface area contributed by atoms with Gasteiger partial charge < -0.3 is 10.5 Å². The Morgan fingerprint density at radius 1 is 1.00 bits per heavy atom. The average molecular weight is 263 g/mol. The Balaban J connectivity index is 1.99. The highest BCUT2D eigenvalue weighted by atomic mass is 16.5. The lowest BCUT2D eigenvalue weighted by atomic mass is 10.1. The molecule has 0 radical (unpaired) electrons. The highest BCUT2D eigenvalue weighted by Gasteiger charge is 2.08. The summed E-state index contributed by atoms with van der Waals surface area (Å²) in [4.78, 5) is 4.13. The van der Waals surface area contributed by atoms with Crippen molar-refractivity contribution in [1.29, 1.82) is 5.41 Å². The molecule has 4 heteroatoms. The molecule has 3 N–H and O–H groups in total. The molecule has 0 atom stereocenters. The van der Waals surface area contributed by atoms with Crippen molar-refractivity contribution >= 4 is 16.6 Å². The zero-order valence-corrected chi connectivity index (χ0v) is 10.7. The Morgan fingerprint density at radius 2 is 1.80 bits per heavy atom. The Bertz CT molecular complexity index is 783. The third-order valence-electron chi connectivity index (χ3n) is 3.00. The molecule has 0 saturated heterocycles. The van der Waals surface area contributed by atoms with Crippen LogP contribution in [0.25, 0.3) is 10.8 Å². The molecule has 20 heavy (non-hydrogen) atoms. The van der Waals surface area contributed by atoms with Crippen molar-refractivity contribution in [3.63, 3.8) is 0 Å². The topological polar surface area (TPSA) is 72.0 Å². The molecule has 3 aromatic rings. The van der Waals surface area contributed by atoms with Gasteiger partial charge in [-0.25, -0.2) is 4.98 Å². The molecule has 1 aromatic heterocycles. The number of pyridine rings is 1. The van der Waals surface area contributed by atoms with Crippen molar-refractivity contribution < 1.29 is 4.74 Å². The van der Waals surface area contributed by atoms with Gasteiger partial charge in [0.2, 0.25) is 5.88 Å². The molecule has 0 fully saturated rings. The van der Waals surface area contributed by atoms with Crippen molar-refractivity contribution in [3.05, 3.63) is 66.4 Å². The number of aromatic nitrogens is 1. The lowest BCUT2D eigenvalue weighted by Crippen LogP contribution is -2.12. The van der Waals surface area contributed by atoms with Gasteiger partial charge in [-0.2, -0.15) is 0 Å². The molecule has 0 spiro atoms. The van der Waals surface area contributed by atoms with Gasteiger partial charge in [-0.05, 0) is 35.0 Å². The summed E-state index contributed by atoms with van der Waals surface area (Å²) >= 11 is 0. The fraction of sp³-hybridized carbons (Fsp3) is 0. The van der Waals surface area contributed by atoms with Crippen molar-refractivity contribution in [2.45, 2.75) is 0 Å². The predicted octanol–water partition coefficient (Wildman–Crippen LogP) is 3.31. The summed E-state index contributed by atoms with van der Waals surface area (Å²) in [6.07, 6.45) is 1.61. The highest BCUT2D eigenvalue weighted by Crippen LogP contribution is 2.26. The number of hydrogen-bond acceptors (Lipinski definition) is 3. The summed E-state index contributed by atoms with van der Waals surface area (Å²) < 4.78 is 5.75. The summed E-state index contributed by atoms with van der Waals surface area (Å²) in [5.41, 5.74) is 6.01. The van der Waals surface area contributed by atoms with Crippen LogP contribution in [-0.4, -0.2) is 10.8 Å². The summed E-state index contributed by atoms with van der Waals surface area (Å²) in [7, 11) is 0. The number of ether oxygens (including phenoxy) is 1. The van der Waals surface area contributed by atoms with E-state index >= 15 is 0 Å². The Labute approximate surface area is 116 Å². The van der Waals surface area contributed by atoms with Crippen LogP contribution in [0.3, 0.4) is 0 Å². The van der Waals surface area contributed by atoms with E-state index in [0.717, 1.165) is 10.8 Å². The minimum Gasteiger partial charge on any atom is -0.438 e. The van der Waals surface area contributed by atoms with E-state index in [2.05, 4.69) is 4.98 Å². The molecule has 0 aliphatic rings. The summed E-state index contributed by atoms with van der Waals surface area (Å²) in [5, 5.41) is 9.77. The smallest absolute Gasteiger partial charge is 0.230 e. The largest absolute Gasteiger partial charge is 0.438 e. The minimum atomic E-state index is -0.0612. The number of benzene rings is 2. The van der Waals surface area contributed by atoms with Gasteiger partial charge in [-0.15, -0.1) is 0 Å². The molecule has 3 rings (SSSR count). The third-order valence-corrected chi connectivity index (χ3v) is 3.00. The quantitative estimate of drug-likeness (QED) is 0.562. The highest BCUT2D eigenvalue weighted by molar-refractivity contribution is 5.97. The Morgan fingerprint density at radius 3 is 2.60 bits per heavy atom. The second-order valence-electron chi connectivity index (χ2n) is 4.38. The van der Waals surface area contributed by atoms with Crippen LogP contribution in [0.4, 0.5) is 0 Å². The maximum Gasteiger partial charge on any atom is 0.230 e. The number of hydrogen-bond donors (Lipinski definition) is 2. The average Bonchev–Trinajstić information content (AvgIpc) is 2.47. The van der Waals surface area contributed by atoms with Crippen LogP contribution < -0.4 is 10.5 Å². The van der Waals surface area contributed by atoms with E-state index in [1.165, 1.54) is 0 Å². The van der Waals surface area contributed by atoms with Gasteiger partial charge >= 0.3 is 0 Å². The molecular weight excluding hydrogens is 250 g/mol. The van der Waals surface area contributed by atoms with E-state index in [0.29, 0.717) is 17.2 Å².